The van der Waals surface area contributed by atoms with Gasteiger partial charge in [0.25, 0.3) is 0 Å². The summed E-state index contributed by atoms with van der Waals surface area (Å²) in [5, 5.41) is 4.22. The number of carbonyl (C=O) groups is 1. The Labute approximate surface area is 224 Å². The predicted octanol–water partition coefficient (Wildman–Crippen LogP) is 5.30. The highest BCUT2D eigenvalue weighted by Gasteiger charge is 2.23. The van der Waals surface area contributed by atoms with Gasteiger partial charge in [-0.3, -0.25) is 9.69 Å². The first-order valence-electron chi connectivity index (χ1n) is 13.1. The van der Waals surface area contributed by atoms with Crippen LogP contribution in [0.5, 0.6) is 0 Å². The summed E-state index contributed by atoms with van der Waals surface area (Å²) in [4.78, 5) is 23.7. The molecule has 1 amide bonds. The number of primary amides is 1. The fourth-order valence-corrected chi connectivity index (χ4v) is 5.85. The molecule has 1 aliphatic rings. The summed E-state index contributed by atoms with van der Waals surface area (Å²) >= 11 is 0. The molecule has 4 aromatic rings. The van der Waals surface area contributed by atoms with Gasteiger partial charge in [-0.05, 0) is 97.3 Å². The Morgan fingerprint density at radius 3 is 2.37 bits per heavy atom. The number of aryl methyl sites for hydroxylation is 1. The quantitative estimate of drug-likeness (QED) is 0.369. The minimum absolute atomic E-state index is 0.347. The van der Waals surface area contributed by atoms with Gasteiger partial charge >= 0.3 is 0 Å². The number of anilines is 1. The lowest BCUT2D eigenvalue weighted by atomic mass is 9.83. The maximum Gasteiger partial charge on any atom is 0.249 e. The van der Waals surface area contributed by atoms with Crippen molar-refractivity contribution in [3.8, 4) is 11.1 Å². The van der Waals surface area contributed by atoms with Crippen molar-refractivity contribution >= 4 is 28.3 Å². The van der Waals surface area contributed by atoms with Crippen molar-refractivity contribution in [3.63, 3.8) is 0 Å². The minimum Gasteiger partial charge on any atom is -0.373 e. The molecule has 196 valence electrons. The lowest BCUT2D eigenvalue weighted by molar-refractivity contribution is 0.0999. The number of pyridine rings is 2. The molecule has 38 heavy (non-hydrogen) atoms. The van der Waals surface area contributed by atoms with Crippen LogP contribution >= 0.6 is 0 Å². The second-order valence-electron chi connectivity index (χ2n) is 10.3. The number of benzene rings is 1. The van der Waals surface area contributed by atoms with Gasteiger partial charge in [0.05, 0.1) is 0 Å². The molecule has 0 fully saturated rings. The van der Waals surface area contributed by atoms with E-state index in [0.29, 0.717) is 5.56 Å². The summed E-state index contributed by atoms with van der Waals surface area (Å²) in [5.41, 5.74) is 17.7. The van der Waals surface area contributed by atoms with E-state index in [-0.39, 0.29) is 5.91 Å². The van der Waals surface area contributed by atoms with Crippen molar-refractivity contribution in [1.29, 1.82) is 0 Å². The van der Waals surface area contributed by atoms with Crippen LogP contribution in [0.15, 0.2) is 42.7 Å². The molecule has 0 unspecified atom stereocenters. The molecule has 0 saturated heterocycles. The lowest BCUT2D eigenvalue weighted by Gasteiger charge is -2.29. The average Bonchev–Trinajstić information content (AvgIpc) is 3.23. The van der Waals surface area contributed by atoms with Crippen LogP contribution in [-0.4, -0.2) is 45.5 Å². The van der Waals surface area contributed by atoms with Crippen LogP contribution in [0.3, 0.4) is 0 Å². The van der Waals surface area contributed by atoms with Crippen molar-refractivity contribution in [2.24, 2.45) is 12.8 Å². The van der Waals surface area contributed by atoms with Crippen LogP contribution < -0.4 is 11.1 Å². The Morgan fingerprint density at radius 2 is 1.79 bits per heavy atom. The van der Waals surface area contributed by atoms with E-state index in [0.717, 1.165) is 76.3 Å². The van der Waals surface area contributed by atoms with E-state index in [4.69, 9.17) is 5.73 Å². The molecule has 0 bridgehead atoms. The minimum atomic E-state index is -0.347. The Bertz CT molecular complexity index is 1550. The number of hydrogen-bond donors (Lipinski definition) is 2. The van der Waals surface area contributed by atoms with E-state index in [9.17, 15) is 4.79 Å². The third kappa shape index (κ3) is 4.37. The first kappa shape index (κ1) is 25.7. The van der Waals surface area contributed by atoms with Crippen LogP contribution in [0.2, 0.25) is 0 Å². The smallest absolute Gasteiger partial charge is 0.249 e. The lowest BCUT2D eigenvalue weighted by Crippen LogP contribution is -2.29. The molecule has 0 radical (unpaired) electrons. The number of nitrogens with zero attached hydrogens (tertiary/aromatic N) is 4. The fourth-order valence-electron chi connectivity index (χ4n) is 5.85. The zero-order chi connectivity index (χ0) is 27.1. The third-order valence-electron chi connectivity index (χ3n) is 8.23. The van der Waals surface area contributed by atoms with Gasteiger partial charge in [-0.15, -0.1) is 0 Å². The molecule has 4 heterocycles. The number of carbonyl (C=O) groups excluding carboxylic acids is 1. The Morgan fingerprint density at radius 1 is 1.05 bits per heavy atom. The van der Waals surface area contributed by atoms with Crippen molar-refractivity contribution in [1.82, 2.24) is 19.4 Å². The molecule has 1 aliphatic heterocycles. The van der Waals surface area contributed by atoms with Crippen molar-refractivity contribution < 1.29 is 4.79 Å². The standard InChI is InChI=1S/C31H36N6O/c1-18-20(3)29(30(32)38)21(4)19(2)28(18)22-10-13-37(14-11-22)17-24-15-26-25(9-12-34-31(26)36(24)6)23-7-8-27(33-5)35-16-23/h7-10,12,15-16H,11,13-14,17H2,1-6H3,(H2,32,38)(H,33,35). The van der Waals surface area contributed by atoms with Gasteiger partial charge in [-0.1, -0.05) is 6.08 Å². The van der Waals surface area contributed by atoms with Crippen LogP contribution in [0.1, 0.15) is 50.3 Å². The molecule has 7 nitrogen and oxygen atoms in total. The maximum atomic E-state index is 12.1. The number of nitrogens with one attached hydrogen (secondary N) is 1. The van der Waals surface area contributed by atoms with E-state index in [1.165, 1.54) is 16.8 Å². The van der Waals surface area contributed by atoms with Gasteiger partial charge in [0.2, 0.25) is 5.91 Å². The van der Waals surface area contributed by atoms with Crippen molar-refractivity contribution in [2.75, 3.05) is 25.5 Å². The first-order chi connectivity index (χ1) is 18.2. The fraction of sp³-hybridized carbons (Fsp3) is 0.323. The largest absolute Gasteiger partial charge is 0.373 e. The Hall–Kier alpha value is -3.97. The molecule has 3 aromatic heterocycles. The molecule has 0 atom stereocenters. The Kier molecular flexibility index (Phi) is 6.80. The number of aromatic nitrogens is 3. The summed E-state index contributed by atoms with van der Waals surface area (Å²) in [5.74, 6) is 0.505. The zero-order valence-corrected chi connectivity index (χ0v) is 23.1. The third-order valence-corrected chi connectivity index (χ3v) is 8.23. The SMILES string of the molecule is CNc1ccc(-c2ccnc3c2cc(CN2CC=C(c4c(C)c(C)c(C(N)=O)c(C)c4C)CC2)n3C)cn1. The monoisotopic (exact) mass is 508 g/mol. The molecule has 1 aromatic carbocycles. The molecule has 5 rings (SSSR count). The van der Waals surface area contributed by atoms with Gasteiger partial charge in [0.15, 0.2) is 0 Å². The number of nitrogens with two attached hydrogens (primary N) is 1. The van der Waals surface area contributed by atoms with Gasteiger partial charge < -0.3 is 15.6 Å². The summed E-state index contributed by atoms with van der Waals surface area (Å²) in [6, 6.07) is 8.43. The summed E-state index contributed by atoms with van der Waals surface area (Å²) < 4.78 is 2.21. The van der Waals surface area contributed by atoms with Crippen molar-refractivity contribution in [2.45, 2.75) is 40.7 Å². The second kappa shape index (κ2) is 10.1. The topological polar surface area (TPSA) is 89.1 Å². The van der Waals surface area contributed by atoms with Gasteiger partial charge in [-0.2, -0.15) is 0 Å². The highest BCUT2D eigenvalue weighted by molar-refractivity contribution is 5.97. The van der Waals surface area contributed by atoms with Crippen LogP contribution in [-0.2, 0) is 13.6 Å². The van der Waals surface area contributed by atoms with Gasteiger partial charge in [0.1, 0.15) is 11.5 Å². The average molecular weight is 509 g/mol. The molecule has 0 saturated carbocycles. The van der Waals surface area contributed by atoms with Gasteiger partial charge in [0, 0.05) is 68.3 Å². The molecule has 0 aliphatic carbocycles. The van der Waals surface area contributed by atoms with E-state index in [1.807, 2.05) is 39.4 Å². The van der Waals surface area contributed by atoms with E-state index in [1.54, 1.807) is 0 Å². The Balaban J connectivity index is 1.41. The first-order valence-corrected chi connectivity index (χ1v) is 13.1. The number of amides is 1. The van der Waals surface area contributed by atoms with Crippen LogP contribution in [0, 0.1) is 27.7 Å². The molecule has 0 spiro atoms. The summed E-state index contributed by atoms with van der Waals surface area (Å²) in [7, 11) is 3.97. The number of rotatable bonds is 6. The van der Waals surface area contributed by atoms with E-state index >= 15 is 0 Å². The highest BCUT2D eigenvalue weighted by Crippen LogP contribution is 2.35. The predicted molar refractivity (Wildman–Crippen MR) is 155 cm³/mol. The normalized spacial score (nSPS) is 14.1. The summed E-state index contributed by atoms with van der Waals surface area (Å²) in [6.07, 6.45) is 7.10. The highest BCUT2D eigenvalue weighted by atomic mass is 16.1. The molecule has 3 N–H and O–H groups in total. The second-order valence-corrected chi connectivity index (χ2v) is 10.3. The van der Waals surface area contributed by atoms with Crippen LogP contribution in [0.25, 0.3) is 27.7 Å². The van der Waals surface area contributed by atoms with Crippen molar-refractivity contribution in [3.05, 3.63) is 81.8 Å². The van der Waals surface area contributed by atoms with Crippen LogP contribution in [0.4, 0.5) is 5.82 Å². The number of fused-ring (bicyclic) bond motifs is 1. The van der Waals surface area contributed by atoms with E-state index < -0.39 is 0 Å². The number of hydrogen-bond acceptors (Lipinski definition) is 5. The van der Waals surface area contributed by atoms with E-state index in [2.05, 4.69) is 69.9 Å². The molecular weight excluding hydrogens is 472 g/mol. The molecular formula is C31H36N6O. The van der Waals surface area contributed by atoms with Gasteiger partial charge in [-0.25, -0.2) is 9.97 Å². The summed E-state index contributed by atoms with van der Waals surface area (Å²) in [6.45, 7) is 10.9. The molecule has 7 heteroatoms. The maximum absolute atomic E-state index is 12.1. The zero-order valence-electron chi connectivity index (χ0n) is 23.1.